The topological polar surface area (TPSA) is 90.1 Å². The van der Waals surface area contributed by atoms with Crippen molar-refractivity contribution in [2.24, 2.45) is 0 Å². The summed E-state index contributed by atoms with van der Waals surface area (Å²) in [5.74, 6) is 0.310. The van der Waals surface area contributed by atoms with Gasteiger partial charge in [0.2, 0.25) is 11.8 Å². The third-order valence-corrected chi connectivity index (χ3v) is 5.50. The fraction of sp³-hybridized carbons (Fsp3) is 0.364. The molecule has 10 heteroatoms. The fourth-order valence-corrected chi connectivity index (χ4v) is 3.83. The van der Waals surface area contributed by atoms with Crippen LogP contribution in [0.4, 0.5) is 13.2 Å². The normalized spacial score (nSPS) is 18.2. The highest BCUT2D eigenvalue weighted by Crippen LogP contribution is 2.40. The van der Waals surface area contributed by atoms with Crippen LogP contribution in [0.25, 0.3) is 11.5 Å². The summed E-state index contributed by atoms with van der Waals surface area (Å²) in [6.07, 6.45) is 2.38. The Morgan fingerprint density at radius 1 is 1.12 bits per heavy atom. The molecule has 2 aliphatic carbocycles. The van der Waals surface area contributed by atoms with Crippen LogP contribution in [0.3, 0.4) is 0 Å². The van der Waals surface area contributed by atoms with Gasteiger partial charge in [-0.05, 0) is 50.3 Å². The largest absolute Gasteiger partial charge is 0.574 e. The van der Waals surface area contributed by atoms with Crippen LogP contribution >= 0.6 is 0 Å². The molecule has 0 aromatic carbocycles. The molecule has 166 valence electrons. The summed E-state index contributed by atoms with van der Waals surface area (Å²) in [6, 6.07) is 5.68. The monoisotopic (exact) mass is 444 g/mol. The van der Waals surface area contributed by atoms with E-state index in [1.165, 1.54) is 6.07 Å². The lowest BCUT2D eigenvalue weighted by atomic mass is 9.97. The number of amides is 1. The van der Waals surface area contributed by atoms with Crippen LogP contribution in [-0.2, 0) is 6.42 Å². The first-order valence-corrected chi connectivity index (χ1v) is 10.3. The number of nitrogens with one attached hydrogen (secondary N) is 1. The van der Waals surface area contributed by atoms with Gasteiger partial charge in [-0.15, -0.1) is 13.2 Å². The molecule has 1 N–H and O–H groups in total. The van der Waals surface area contributed by atoms with E-state index in [2.05, 4.69) is 25.0 Å². The molecule has 3 aromatic heterocycles. The Morgan fingerprint density at radius 2 is 1.94 bits per heavy atom. The maximum absolute atomic E-state index is 12.7. The lowest BCUT2D eigenvalue weighted by molar-refractivity contribution is -0.276. The molecule has 1 amide bonds. The number of pyridine rings is 2. The van der Waals surface area contributed by atoms with Crippen LogP contribution in [0.5, 0.6) is 5.88 Å². The number of rotatable bonds is 5. The number of carbonyl (C=O) groups excluding carboxylic acids is 1. The fourth-order valence-electron chi connectivity index (χ4n) is 3.83. The number of fused-ring (bicyclic) bond motifs is 1. The zero-order valence-corrected chi connectivity index (χ0v) is 16.9. The van der Waals surface area contributed by atoms with Crippen molar-refractivity contribution < 1.29 is 27.1 Å². The highest BCUT2D eigenvalue weighted by atomic mass is 19.4. The van der Waals surface area contributed by atoms with E-state index < -0.39 is 24.2 Å². The van der Waals surface area contributed by atoms with Crippen molar-refractivity contribution in [3.05, 3.63) is 59.4 Å². The van der Waals surface area contributed by atoms with Crippen LogP contribution in [0.2, 0.25) is 0 Å². The minimum atomic E-state index is -4.89. The maximum Gasteiger partial charge on any atom is 0.574 e. The predicted octanol–water partition coefficient (Wildman–Crippen LogP) is 4.72. The zero-order valence-electron chi connectivity index (χ0n) is 16.9. The SMILES string of the molecule is O=C(NC1CCCc2nc(-c3ccnc(C4CC4)c3)oc21)c1ccnc(OC(F)(F)F)c1. The van der Waals surface area contributed by atoms with Gasteiger partial charge in [-0.3, -0.25) is 9.78 Å². The second-order valence-electron chi connectivity index (χ2n) is 7.92. The van der Waals surface area contributed by atoms with Gasteiger partial charge in [-0.1, -0.05) is 0 Å². The summed E-state index contributed by atoms with van der Waals surface area (Å²) >= 11 is 0. The molecule has 1 unspecified atom stereocenters. The lowest BCUT2D eigenvalue weighted by Crippen LogP contribution is -2.30. The van der Waals surface area contributed by atoms with Crippen molar-refractivity contribution in [3.8, 4) is 17.3 Å². The number of carbonyl (C=O) groups is 1. The van der Waals surface area contributed by atoms with Gasteiger partial charge >= 0.3 is 6.36 Å². The standard InChI is InChI=1S/C22H19F3N4O3/c23-22(24,25)32-18-11-13(6-9-27-18)20(30)28-15-2-1-3-16-19(15)31-21(29-16)14-7-8-26-17(10-14)12-4-5-12/h6-12,15H,1-5H2,(H,28,30). The van der Waals surface area contributed by atoms with Gasteiger partial charge in [0.15, 0.2) is 0 Å². The number of nitrogens with zero attached hydrogens (tertiary/aromatic N) is 3. The Hall–Kier alpha value is -3.43. The summed E-state index contributed by atoms with van der Waals surface area (Å²) in [5, 5.41) is 2.84. The van der Waals surface area contributed by atoms with Gasteiger partial charge in [0.25, 0.3) is 5.91 Å². The number of oxazole rings is 1. The number of ether oxygens (including phenoxy) is 1. The molecule has 1 atom stereocenters. The molecule has 0 aliphatic heterocycles. The number of aryl methyl sites for hydroxylation is 1. The summed E-state index contributed by atoms with van der Waals surface area (Å²) < 4.78 is 47.2. The highest BCUT2D eigenvalue weighted by molar-refractivity contribution is 5.94. The Labute approximate surface area is 181 Å². The molecule has 2 aliphatic rings. The van der Waals surface area contributed by atoms with Crippen molar-refractivity contribution in [3.63, 3.8) is 0 Å². The van der Waals surface area contributed by atoms with Crippen molar-refractivity contribution in [1.29, 1.82) is 0 Å². The summed E-state index contributed by atoms with van der Waals surface area (Å²) in [7, 11) is 0. The first-order valence-electron chi connectivity index (χ1n) is 10.3. The third kappa shape index (κ3) is 4.44. The number of aromatic nitrogens is 3. The molecule has 0 bridgehead atoms. The van der Waals surface area contributed by atoms with Gasteiger partial charge in [-0.25, -0.2) is 9.97 Å². The minimum absolute atomic E-state index is 0.00863. The number of alkyl halides is 3. The Balaban J connectivity index is 1.35. The molecule has 3 heterocycles. The Bertz CT molecular complexity index is 1160. The Morgan fingerprint density at radius 3 is 2.72 bits per heavy atom. The molecule has 0 radical (unpaired) electrons. The molecular formula is C22H19F3N4O3. The molecule has 0 saturated heterocycles. The second-order valence-corrected chi connectivity index (χ2v) is 7.92. The minimum Gasteiger partial charge on any atom is -0.439 e. The molecule has 32 heavy (non-hydrogen) atoms. The maximum atomic E-state index is 12.7. The quantitative estimate of drug-likeness (QED) is 0.613. The van der Waals surface area contributed by atoms with E-state index in [0.717, 1.165) is 54.9 Å². The Kier molecular flexibility index (Phi) is 5.07. The molecular weight excluding hydrogens is 425 g/mol. The molecule has 0 spiro atoms. The second kappa shape index (κ2) is 7.92. The molecule has 3 aromatic rings. The summed E-state index contributed by atoms with van der Waals surface area (Å²) in [5.41, 5.74) is 2.65. The predicted molar refractivity (Wildman–Crippen MR) is 106 cm³/mol. The van der Waals surface area contributed by atoms with Gasteiger partial charge in [0.1, 0.15) is 5.76 Å². The average molecular weight is 444 g/mol. The van der Waals surface area contributed by atoms with Crippen molar-refractivity contribution in [2.75, 3.05) is 0 Å². The molecule has 1 saturated carbocycles. The van der Waals surface area contributed by atoms with E-state index >= 15 is 0 Å². The highest BCUT2D eigenvalue weighted by Gasteiger charge is 2.33. The first kappa shape index (κ1) is 20.5. The van der Waals surface area contributed by atoms with Crippen LogP contribution < -0.4 is 10.1 Å². The zero-order chi connectivity index (χ0) is 22.3. The number of hydrogen-bond donors (Lipinski definition) is 1. The lowest BCUT2D eigenvalue weighted by Gasteiger charge is -2.21. The molecule has 1 fully saturated rings. The van der Waals surface area contributed by atoms with E-state index in [1.807, 2.05) is 12.1 Å². The summed E-state index contributed by atoms with van der Waals surface area (Å²) in [6.45, 7) is 0. The van der Waals surface area contributed by atoms with Crippen LogP contribution in [-0.4, -0.2) is 27.2 Å². The van der Waals surface area contributed by atoms with Crippen LogP contribution in [0, 0.1) is 0 Å². The van der Waals surface area contributed by atoms with Crippen LogP contribution in [0.1, 0.15) is 65.1 Å². The van der Waals surface area contributed by atoms with E-state index in [1.54, 1.807) is 6.20 Å². The average Bonchev–Trinajstić information content (AvgIpc) is 3.51. The van der Waals surface area contributed by atoms with Gasteiger partial charge in [0, 0.05) is 41.2 Å². The van der Waals surface area contributed by atoms with Gasteiger partial charge < -0.3 is 14.5 Å². The van der Waals surface area contributed by atoms with E-state index in [9.17, 15) is 18.0 Å². The smallest absolute Gasteiger partial charge is 0.439 e. The van der Waals surface area contributed by atoms with E-state index in [-0.39, 0.29) is 5.56 Å². The van der Waals surface area contributed by atoms with Gasteiger partial charge in [0.05, 0.1) is 11.7 Å². The van der Waals surface area contributed by atoms with E-state index in [0.29, 0.717) is 24.0 Å². The van der Waals surface area contributed by atoms with Crippen molar-refractivity contribution in [2.45, 2.75) is 50.4 Å². The third-order valence-electron chi connectivity index (χ3n) is 5.50. The van der Waals surface area contributed by atoms with Crippen LogP contribution in [0.15, 0.2) is 41.1 Å². The first-order chi connectivity index (χ1) is 15.4. The molecule has 5 rings (SSSR count). The summed E-state index contributed by atoms with van der Waals surface area (Å²) in [4.78, 5) is 25.2. The number of hydrogen-bond acceptors (Lipinski definition) is 6. The molecule has 7 nitrogen and oxygen atoms in total. The van der Waals surface area contributed by atoms with Crippen molar-refractivity contribution >= 4 is 5.91 Å². The number of halogens is 3. The van der Waals surface area contributed by atoms with E-state index in [4.69, 9.17) is 4.42 Å². The van der Waals surface area contributed by atoms with Crippen molar-refractivity contribution in [1.82, 2.24) is 20.3 Å². The van der Waals surface area contributed by atoms with Gasteiger partial charge in [-0.2, -0.15) is 0 Å².